The van der Waals surface area contributed by atoms with E-state index in [1.165, 1.54) is 12.1 Å². The first-order valence-corrected chi connectivity index (χ1v) is 10.7. The van der Waals surface area contributed by atoms with Crippen LogP contribution in [0, 0.1) is 5.82 Å². The van der Waals surface area contributed by atoms with Crippen LogP contribution < -0.4 is 15.0 Å². The molecule has 0 radical (unpaired) electrons. The Morgan fingerprint density at radius 3 is 2.74 bits per heavy atom. The van der Waals surface area contributed by atoms with Gasteiger partial charge in [0, 0.05) is 6.61 Å². The molecular weight excluding hydrogens is 425 g/mol. The van der Waals surface area contributed by atoms with Gasteiger partial charge in [-0.05, 0) is 49.1 Å². The number of carbonyl (C=O) groups excluding carboxylic acids is 2. The van der Waals surface area contributed by atoms with Gasteiger partial charge < -0.3 is 19.7 Å². The summed E-state index contributed by atoms with van der Waals surface area (Å²) in [5.41, 5.74) is 2.10. The lowest BCUT2D eigenvalue weighted by molar-refractivity contribution is -0.117. The molecule has 0 aliphatic carbocycles. The van der Waals surface area contributed by atoms with Crippen molar-refractivity contribution in [1.82, 2.24) is 10.3 Å². The van der Waals surface area contributed by atoms with E-state index in [0.717, 1.165) is 12.0 Å². The van der Waals surface area contributed by atoms with Crippen LogP contribution in [-0.2, 0) is 16.0 Å². The maximum absolute atomic E-state index is 13.3. The number of nitrogens with one attached hydrogen (secondary N) is 1. The fourth-order valence-corrected chi connectivity index (χ4v) is 3.94. The molecule has 2 amide bonds. The summed E-state index contributed by atoms with van der Waals surface area (Å²) >= 11 is 5.81. The summed E-state index contributed by atoms with van der Waals surface area (Å²) < 4.78 is 24.4. The van der Waals surface area contributed by atoms with Gasteiger partial charge in [0.15, 0.2) is 0 Å². The summed E-state index contributed by atoms with van der Waals surface area (Å²) in [6, 6.07) is 7.47. The summed E-state index contributed by atoms with van der Waals surface area (Å²) in [6.45, 7) is 3.16. The number of amides is 2. The number of nitrogens with zero attached hydrogens (tertiary/aromatic N) is 2. The molecule has 0 spiro atoms. The maximum Gasteiger partial charge on any atom is 0.270 e. The predicted octanol–water partition coefficient (Wildman–Crippen LogP) is 2.68. The van der Waals surface area contributed by atoms with Gasteiger partial charge in [-0.15, -0.1) is 11.6 Å². The van der Waals surface area contributed by atoms with Gasteiger partial charge in [0.2, 0.25) is 11.8 Å². The van der Waals surface area contributed by atoms with Gasteiger partial charge in [-0.2, -0.15) is 0 Å². The molecular formula is C22H23ClFN3O4. The molecule has 4 rings (SSSR count). The molecule has 1 N–H and O–H groups in total. The van der Waals surface area contributed by atoms with E-state index >= 15 is 0 Å². The Hall–Kier alpha value is -2.71. The average molecular weight is 448 g/mol. The van der Waals surface area contributed by atoms with Crippen LogP contribution >= 0.6 is 11.6 Å². The quantitative estimate of drug-likeness (QED) is 0.713. The molecule has 164 valence electrons. The molecule has 1 aromatic heterocycles. The van der Waals surface area contributed by atoms with Gasteiger partial charge in [0.25, 0.3) is 5.91 Å². The number of fused-ring (bicyclic) bond motifs is 1. The highest BCUT2D eigenvalue weighted by molar-refractivity contribution is 6.29. The van der Waals surface area contributed by atoms with E-state index in [2.05, 4.69) is 10.3 Å². The third kappa shape index (κ3) is 4.65. The van der Waals surface area contributed by atoms with Crippen LogP contribution in [0.5, 0.6) is 5.88 Å². The molecule has 9 heteroatoms. The molecule has 7 nitrogen and oxygen atoms in total. The van der Waals surface area contributed by atoms with Crippen molar-refractivity contribution in [2.75, 3.05) is 30.6 Å². The molecule has 0 saturated carbocycles. The molecule has 2 aliphatic rings. The van der Waals surface area contributed by atoms with E-state index in [4.69, 9.17) is 21.1 Å². The second-order valence-electron chi connectivity index (χ2n) is 7.71. The van der Waals surface area contributed by atoms with Crippen LogP contribution in [-0.4, -0.2) is 54.6 Å². The monoisotopic (exact) mass is 447 g/mol. The lowest BCUT2D eigenvalue weighted by Crippen LogP contribution is -2.46. The number of hydrogen-bond donors (Lipinski definition) is 1. The summed E-state index contributed by atoms with van der Waals surface area (Å²) in [7, 11) is 0. The van der Waals surface area contributed by atoms with Crippen molar-refractivity contribution in [3.05, 3.63) is 53.0 Å². The van der Waals surface area contributed by atoms with Gasteiger partial charge in [-0.1, -0.05) is 12.1 Å². The van der Waals surface area contributed by atoms with Crippen LogP contribution in [0.1, 0.15) is 35.0 Å². The highest BCUT2D eigenvalue weighted by atomic mass is 35.5. The van der Waals surface area contributed by atoms with Crippen molar-refractivity contribution in [3.8, 4) is 5.88 Å². The van der Waals surface area contributed by atoms with Crippen molar-refractivity contribution in [1.29, 1.82) is 0 Å². The number of halogens is 2. The SMILES string of the molecule is C[C@H]1COc2nc(C(=O)NC3CCOC3)c(Cc3ccc(F)cc3)cc2N1C(=O)CCl. The number of benzene rings is 1. The molecule has 2 aromatic rings. The molecule has 2 aliphatic heterocycles. The third-order valence-corrected chi connectivity index (χ3v) is 5.61. The molecule has 3 heterocycles. The van der Waals surface area contributed by atoms with Crippen molar-refractivity contribution in [2.45, 2.75) is 31.8 Å². The summed E-state index contributed by atoms with van der Waals surface area (Å²) in [5, 5.41) is 2.95. The van der Waals surface area contributed by atoms with E-state index in [9.17, 15) is 14.0 Å². The zero-order valence-electron chi connectivity index (χ0n) is 17.1. The van der Waals surface area contributed by atoms with E-state index in [1.807, 2.05) is 6.92 Å². The number of anilines is 1. The summed E-state index contributed by atoms with van der Waals surface area (Å²) in [6.07, 6.45) is 1.07. The van der Waals surface area contributed by atoms with Crippen molar-refractivity contribution in [3.63, 3.8) is 0 Å². The lowest BCUT2D eigenvalue weighted by Gasteiger charge is -2.34. The molecule has 31 heavy (non-hydrogen) atoms. The summed E-state index contributed by atoms with van der Waals surface area (Å²) in [4.78, 5) is 31.6. The molecule has 1 aromatic carbocycles. The number of rotatable bonds is 5. The Balaban J connectivity index is 1.74. The van der Waals surface area contributed by atoms with E-state index in [0.29, 0.717) is 30.9 Å². The van der Waals surface area contributed by atoms with Gasteiger partial charge in [-0.25, -0.2) is 9.37 Å². The number of ether oxygens (including phenoxy) is 2. The predicted molar refractivity (Wildman–Crippen MR) is 113 cm³/mol. The standard InChI is InChI=1S/C22H23ClFN3O4/c1-13-11-31-22-18(27(13)19(28)10-23)9-15(8-14-2-4-16(24)5-3-14)20(26-22)21(29)25-17-6-7-30-12-17/h2-5,9,13,17H,6-8,10-12H2,1H3,(H,25,29)/t13-,17?/m0/s1. The highest BCUT2D eigenvalue weighted by Crippen LogP contribution is 2.35. The Morgan fingerprint density at radius 2 is 2.06 bits per heavy atom. The van der Waals surface area contributed by atoms with Crippen molar-refractivity contribution >= 4 is 29.1 Å². The Morgan fingerprint density at radius 1 is 1.29 bits per heavy atom. The minimum Gasteiger partial charge on any atom is -0.474 e. The van der Waals surface area contributed by atoms with Crippen LogP contribution in [0.15, 0.2) is 30.3 Å². The minimum absolute atomic E-state index is 0.0840. The summed E-state index contributed by atoms with van der Waals surface area (Å²) in [5.74, 6) is -0.914. The zero-order valence-corrected chi connectivity index (χ0v) is 17.8. The first-order chi connectivity index (χ1) is 15.0. The van der Waals surface area contributed by atoms with E-state index in [-0.39, 0.29) is 53.8 Å². The highest BCUT2D eigenvalue weighted by Gasteiger charge is 2.32. The van der Waals surface area contributed by atoms with Gasteiger partial charge in [0.1, 0.15) is 29.7 Å². The number of aromatic nitrogens is 1. The van der Waals surface area contributed by atoms with Crippen LogP contribution in [0.3, 0.4) is 0 Å². The molecule has 2 atom stereocenters. The molecule has 1 unspecified atom stereocenters. The smallest absolute Gasteiger partial charge is 0.270 e. The Bertz CT molecular complexity index is 979. The topological polar surface area (TPSA) is 80.8 Å². The van der Waals surface area contributed by atoms with Crippen LogP contribution in [0.25, 0.3) is 0 Å². The van der Waals surface area contributed by atoms with E-state index < -0.39 is 0 Å². The molecule has 1 saturated heterocycles. The maximum atomic E-state index is 13.3. The number of alkyl halides is 1. The lowest BCUT2D eigenvalue weighted by atomic mass is 10.0. The molecule has 1 fully saturated rings. The number of hydrogen-bond acceptors (Lipinski definition) is 5. The first kappa shape index (κ1) is 21.5. The van der Waals surface area contributed by atoms with Crippen molar-refractivity contribution in [2.24, 2.45) is 0 Å². The number of carbonyl (C=O) groups is 2. The Kier molecular flexibility index (Phi) is 6.38. The van der Waals surface area contributed by atoms with Crippen molar-refractivity contribution < 1.29 is 23.5 Å². The zero-order chi connectivity index (χ0) is 22.0. The molecule has 0 bridgehead atoms. The fourth-order valence-electron chi connectivity index (χ4n) is 3.82. The second-order valence-corrected chi connectivity index (χ2v) is 7.98. The second kappa shape index (κ2) is 9.20. The Labute approximate surface area is 184 Å². The van der Waals surface area contributed by atoms with Gasteiger partial charge in [-0.3, -0.25) is 9.59 Å². The normalized spacial score (nSPS) is 20.2. The minimum atomic E-state index is -0.340. The van der Waals surface area contributed by atoms with Crippen LogP contribution in [0.2, 0.25) is 0 Å². The average Bonchev–Trinajstić information content (AvgIpc) is 3.27. The van der Waals surface area contributed by atoms with Gasteiger partial charge in [0.05, 0.1) is 18.7 Å². The number of pyridine rings is 1. The fraction of sp³-hybridized carbons (Fsp3) is 0.409. The third-order valence-electron chi connectivity index (χ3n) is 5.38. The van der Waals surface area contributed by atoms with Gasteiger partial charge >= 0.3 is 0 Å². The van der Waals surface area contributed by atoms with E-state index in [1.54, 1.807) is 23.1 Å². The van der Waals surface area contributed by atoms with Crippen LogP contribution in [0.4, 0.5) is 10.1 Å². The largest absolute Gasteiger partial charge is 0.474 e. The first-order valence-electron chi connectivity index (χ1n) is 10.1.